The molecule has 0 aliphatic heterocycles. The van der Waals surface area contributed by atoms with E-state index in [0.717, 1.165) is 23.6 Å². The molecule has 1 heterocycles. The number of hydrogen-bond donors (Lipinski definition) is 1. The molecule has 1 aliphatic carbocycles. The van der Waals surface area contributed by atoms with Crippen LogP contribution in [-0.2, 0) is 6.54 Å². The van der Waals surface area contributed by atoms with Gasteiger partial charge in [-0.3, -0.25) is 0 Å². The Hall–Kier alpha value is -1.89. The quantitative estimate of drug-likeness (QED) is 0.862. The highest BCUT2D eigenvalue weighted by Crippen LogP contribution is 2.20. The van der Waals surface area contributed by atoms with Gasteiger partial charge in [-0.25, -0.2) is 17.9 Å². The van der Waals surface area contributed by atoms with Crippen LogP contribution >= 0.6 is 0 Å². The molecular weight excluding hydrogens is 257 g/mol. The smallest absolute Gasteiger partial charge is 0.161 e. The van der Waals surface area contributed by atoms with Gasteiger partial charge in [-0.2, -0.15) is 0 Å². The van der Waals surface area contributed by atoms with Crippen molar-refractivity contribution in [3.05, 3.63) is 41.5 Å². The average Bonchev–Trinajstić information content (AvgIpc) is 3.09. The third kappa shape index (κ3) is 2.60. The average molecular weight is 268 g/mol. The molecule has 0 unspecified atom stereocenters. The lowest BCUT2D eigenvalue weighted by molar-refractivity contribution is 0.491. The Morgan fingerprint density at radius 1 is 1.16 bits per heavy atom. The van der Waals surface area contributed by atoms with Crippen LogP contribution in [0.2, 0.25) is 0 Å². The van der Waals surface area contributed by atoms with Gasteiger partial charge in [-0.05, 0) is 12.8 Å². The molecule has 0 atom stereocenters. The Balaban J connectivity index is 1.83. The Labute approximate surface area is 107 Å². The summed E-state index contributed by atoms with van der Waals surface area (Å²) in [5.74, 6) is -3.23. The molecule has 0 spiro atoms. The fourth-order valence-electron chi connectivity index (χ4n) is 1.72. The maximum Gasteiger partial charge on any atom is 0.161 e. The number of benzene rings is 1. The van der Waals surface area contributed by atoms with Crippen molar-refractivity contribution in [3.8, 4) is 5.69 Å². The molecule has 0 radical (unpaired) electrons. The second-order valence-electron chi connectivity index (χ2n) is 4.53. The summed E-state index contributed by atoms with van der Waals surface area (Å²) in [7, 11) is 0. The number of aromatic nitrogens is 3. The lowest BCUT2D eigenvalue weighted by Crippen LogP contribution is -2.15. The Morgan fingerprint density at radius 3 is 2.63 bits per heavy atom. The largest absolute Gasteiger partial charge is 0.308 e. The first-order chi connectivity index (χ1) is 9.13. The zero-order valence-electron chi connectivity index (χ0n) is 9.91. The van der Waals surface area contributed by atoms with Gasteiger partial charge in [0.05, 0.1) is 11.9 Å². The molecule has 1 aromatic heterocycles. The molecule has 2 aromatic rings. The minimum atomic E-state index is -1.23. The van der Waals surface area contributed by atoms with Crippen molar-refractivity contribution in [1.29, 1.82) is 0 Å². The molecule has 100 valence electrons. The van der Waals surface area contributed by atoms with Crippen molar-refractivity contribution in [3.63, 3.8) is 0 Å². The van der Waals surface area contributed by atoms with E-state index in [2.05, 4.69) is 15.6 Å². The van der Waals surface area contributed by atoms with Crippen LogP contribution in [0.15, 0.2) is 18.3 Å². The first kappa shape index (κ1) is 12.2. The Kier molecular flexibility index (Phi) is 2.98. The summed E-state index contributed by atoms with van der Waals surface area (Å²) in [5.41, 5.74) is 0.458. The van der Waals surface area contributed by atoms with Crippen molar-refractivity contribution in [1.82, 2.24) is 20.3 Å². The van der Waals surface area contributed by atoms with Crippen molar-refractivity contribution in [2.45, 2.75) is 25.4 Å². The molecule has 1 N–H and O–H groups in total. The van der Waals surface area contributed by atoms with Crippen LogP contribution < -0.4 is 5.32 Å². The molecular formula is C12H11F3N4. The third-order valence-corrected chi connectivity index (χ3v) is 2.93. The highest BCUT2D eigenvalue weighted by molar-refractivity contribution is 5.33. The van der Waals surface area contributed by atoms with E-state index in [1.807, 2.05) is 0 Å². The van der Waals surface area contributed by atoms with Crippen LogP contribution in [-0.4, -0.2) is 21.0 Å². The lowest BCUT2D eigenvalue weighted by Gasteiger charge is -2.02. The van der Waals surface area contributed by atoms with Gasteiger partial charge < -0.3 is 5.32 Å². The van der Waals surface area contributed by atoms with Gasteiger partial charge >= 0.3 is 0 Å². The maximum atomic E-state index is 13.5. The number of halogens is 3. The van der Waals surface area contributed by atoms with Crippen molar-refractivity contribution in [2.75, 3.05) is 0 Å². The molecule has 4 nitrogen and oxygen atoms in total. The summed E-state index contributed by atoms with van der Waals surface area (Å²) in [6.07, 6.45) is 3.78. The zero-order valence-corrected chi connectivity index (χ0v) is 9.91. The van der Waals surface area contributed by atoms with Gasteiger partial charge in [0.25, 0.3) is 0 Å². The normalized spacial score (nSPS) is 14.9. The molecule has 0 amide bonds. The summed E-state index contributed by atoms with van der Waals surface area (Å²) in [5, 5.41) is 10.8. The molecule has 19 heavy (non-hydrogen) atoms. The highest BCUT2D eigenvalue weighted by Gasteiger charge is 2.20. The summed E-state index contributed by atoms with van der Waals surface area (Å²) in [6.45, 7) is 0.524. The molecule has 1 saturated carbocycles. The van der Waals surface area contributed by atoms with Crippen LogP contribution in [0.5, 0.6) is 0 Å². The molecule has 1 aromatic carbocycles. The van der Waals surface area contributed by atoms with E-state index in [1.165, 1.54) is 6.20 Å². The summed E-state index contributed by atoms with van der Waals surface area (Å²) >= 11 is 0. The predicted molar refractivity (Wildman–Crippen MR) is 61.1 cm³/mol. The Morgan fingerprint density at radius 2 is 1.89 bits per heavy atom. The molecule has 1 fully saturated rings. The fraction of sp³-hybridized carbons (Fsp3) is 0.333. The van der Waals surface area contributed by atoms with Crippen LogP contribution in [0.25, 0.3) is 5.69 Å². The van der Waals surface area contributed by atoms with E-state index in [9.17, 15) is 13.2 Å². The zero-order chi connectivity index (χ0) is 13.4. The number of hydrogen-bond acceptors (Lipinski definition) is 3. The van der Waals surface area contributed by atoms with Gasteiger partial charge in [0.15, 0.2) is 17.5 Å². The first-order valence-electron chi connectivity index (χ1n) is 5.93. The van der Waals surface area contributed by atoms with E-state index in [-0.39, 0.29) is 5.69 Å². The highest BCUT2D eigenvalue weighted by atomic mass is 19.2. The summed E-state index contributed by atoms with van der Waals surface area (Å²) in [6, 6.07) is 1.77. The SMILES string of the molecule is Fc1cc(F)c(-n2cc(CNC3CC3)nn2)cc1F. The lowest BCUT2D eigenvalue weighted by atomic mass is 10.3. The number of nitrogens with zero attached hydrogens (tertiary/aromatic N) is 3. The molecule has 1 aliphatic rings. The maximum absolute atomic E-state index is 13.5. The van der Waals surface area contributed by atoms with Gasteiger partial charge in [0.2, 0.25) is 0 Å². The van der Waals surface area contributed by atoms with Gasteiger partial charge in [0, 0.05) is 24.7 Å². The molecule has 3 rings (SSSR count). The minimum absolute atomic E-state index is 0.163. The topological polar surface area (TPSA) is 42.7 Å². The van der Waals surface area contributed by atoms with Crippen molar-refractivity contribution in [2.24, 2.45) is 0 Å². The monoisotopic (exact) mass is 268 g/mol. The van der Waals surface area contributed by atoms with Crippen LogP contribution in [0.4, 0.5) is 13.2 Å². The van der Waals surface area contributed by atoms with Gasteiger partial charge in [-0.1, -0.05) is 5.21 Å². The second kappa shape index (κ2) is 4.65. The number of nitrogens with one attached hydrogen (secondary N) is 1. The van der Waals surface area contributed by atoms with E-state index < -0.39 is 17.5 Å². The van der Waals surface area contributed by atoms with E-state index in [4.69, 9.17) is 0 Å². The second-order valence-corrected chi connectivity index (χ2v) is 4.53. The summed E-state index contributed by atoms with van der Waals surface area (Å²) < 4.78 is 40.6. The molecule has 7 heteroatoms. The van der Waals surface area contributed by atoms with E-state index >= 15 is 0 Å². The van der Waals surface area contributed by atoms with Gasteiger partial charge in [-0.15, -0.1) is 5.10 Å². The van der Waals surface area contributed by atoms with Crippen LogP contribution in [0.1, 0.15) is 18.5 Å². The van der Waals surface area contributed by atoms with Crippen LogP contribution in [0.3, 0.4) is 0 Å². The van der Waals surface area contributed by atoms with Crippen molar-refractivity contribution >= 4 is 0 Å². The fourth-order valence-corrected chi connectivity index (χ4v) is 1.72. The third-order valence-electron chi connectivity index (χ3n) is 2.93. The molecule has 0 bridgehead atoms. The van der Waals surface area contributed by atoms with E-state index in [1.54, 1.807) is 0 Å². The van der Waals surface area contributed by atoms with Crippen molar-refractivity contribution < 1.29 is 13.2 Å². The first-order valence-corrected chi connectivity index (χ1v) is 5.93. The molecule has 0 saturated heterocycles. The minimum Gasteiger partial charge on any atom is -0.308 e. The number of rotatable bonds is 4. The van der Waals surface area contributed by atoms with E-state index in [0.29, 0.717) is 24.3 Å². The standard InChI is InChI=1S/C12H11F3N4/c13-9-3-11(15)12(4-10(9)14)19-6-8(17-18-19)5-16-7-1-2-7/h3-4,6-7,16H,1-2,5H2. The summed E-state index contributed by atoms with van der Waals surface area (Å²) in [4.78, 5) is 0. The van der Waals surface area contributed by atoms with Crippen LogP contribution in [0, 0.1) is 17.5 Å². The Bertz CT molecular complexity index is 607. The van der Waals surface area contributed by atoms with Gasteiger partial charge in [0.1, 0.15) is 5.69 Å². The predicted octanol–water partition coefficient (Wildman–Crippen LogP) is 1.94.